The first-order valence-electron chi connectivity index (χ1n) is 12.4. The van der Waals surface area contributed by atoms with Crippen molar-refractivity contribution in [2.24, 2.45) is 5.41 Å². The van der Waals surface area contributed by atoms with Crippen molar-refractivity contribution in [3.8, 4) is 0 Å². The van der Waals surface area contributed by atoms with Crippen LogP contribution in [0.2, 0.25) is 5.02 Å². The van der Waals surface area contributed by atoms with Gasteiger partial charge in [0.2, 0.25) is 0 Å². The molecule has 0 N–H and O–H groups in total. The SMILES string of the molecule is C[C@@H]1CN(c2nc(=O)n3c4c(c(Cl)c(C(F)(F)F)cc24)SCC2(COC2)C3)[C@@H](C)CN1C(=O)OC(C)(C)C. The van der Waals surface area contributed by atoms with Gasteiger partial charge in [0.25, 0.3) is 0 Å². The van der Waals surface area contributed by atoms with Crippen molar-refractivity contribution in [2.45, 2.75) is 69.9 Å². The number of ether oxygens (including phenoxy) is 2. The number of alkyl halides is 3. The van der Waals surface area contributed by atoms with E-state index < -0.39 is 34.1 Å². The summed E-state index contributed by atoms with van der Waals surface area (Å²) in [5, 5.41) is -0.195. The largest absolute Gasteiger partial charge is 0.444 e. The molecule has 4 heterocycles. The predicted octanol–water partition coefficient (Wildman–Crippen LogP) is 5.03. The Kier molecular flexibility index (Phi) is 6.63. The fourth-order valence-corrected chi connectivity index (χ4v) is 6.96. The van der Waals surface area contributed by atoms with Crippen LogP contribution in [0.1, 0.15) is 40.2 Å². The molecular weight excluding hydrogens is 545 g/mol. The average molecular weight is 575 g/mol. The lowest BCUT2D eigenvalue weighted by Crippen LogP contribution is -2.59. The minimum atomic E-state index is -4.70. The first-order valence-corrected chi connectivity index (χ1v) is 13.8. The highest BCUT2D eigenvalue weighted by Crippen LogP contribution is 2.49. The molecule has 0 saturated carbocycles. The third-order valence-corrected chi connectivity index (χ3v) is 9.11. The second-order valence-corrected chi connectivity index (χ2v) is 12.9. The predicted molar refractivity (Wildman–Crippen MR) is 139 cm³/mol. The molecule has 2 atom stereocenters. The minimum Gasteiger partial charge on any atom is -0.444 e. The summed E-state index contributed by atoms with van der Waals surface area (Å²) in [4.78, 5) is 34.2. The maximum atomic E-state index is 14.1. The zero-order chi connectivity index (χ0) is 27.8. The quantitative estimate of drug-likeness (QED) is 0.473. The molecule has 2 fully saturated rings. The van der Waals surface area contributed by atoms with Crippen LogP contribution in [0.4, 0.5) is 23.8 Å². The lowest BCUT2D eigenvalue weighted by molar-refractivity contribution is -0.137. The van der Waals surface area contributed by atoms with Gasteiger partial charge in [0.1, 0.15) is 11.4 Å². The summed E-state index contributed by atoms with van der Waals surface area (Å²) in [5.41, 5.74) is -2.19. The van der Waals surface area contributed by atoms with Gasteiger partial charge in [-0.1, -0.05) is 11.6 Å². The van der Waals surface area contributed by atoms with E-state index in [2.05, 4.69) is 4.98 Å². The highest BCUT2D eigenvalue weighted by atomic mass is 35.5. The summed E-state index contributed by atoms with van der Waals surface area (Å²) < 4.78 is 54.8. The standard InChI is InChI=1S/C25H30ClF3N4O4S/c1-13-8-32(22(35)37-23(3,4)5)14(2)7-31(13)20-15-6-16(25(27,28)29)17(26)19-18(15)33(21(34)30-20)9-24(12-38-19)10-36-11-24/h6,13-14H,7-12H2,1-5H3/t13-,14+/m0/s1. The number of rotatable bonds is 1. The fraction of sp³-hybridized carbons (Fsp3) is 0.640. The second-order valence-electron chi connectivity index (χ2n) is 11.5. The summed E-state index contributed by atoms with van der Waals surface area (Å²) in [6, 6.07) is 0.323. The molecule has 8 nitrogen and oxygen atoms in total. The molecule has 0 aliphatic carbocycles. The van der Waals surface area contributed by atoms with Crippen molar-refractivity contribution >= 4 is 46.2 Å². The van der Waals surface area contributed by atoms with E-state index >= 15 is 0 Å². The molecule has 3 aliphatic rings. The summed E-state index contributed by atoms with van der Waals surface area (Å²) in [5.74, 6) is 0.635. The molecule has 1 aromatic heterocycles. The van der Waals surface area contributed by atoms with E-state index in [-0.39, 0.29) is 53.2 Å². The van der Waals surface area contributed by atoms with Crippen molar-refractivity contribution in [2.75, 3.05) is 37.0 Å². The number of anilines is 1. The van der Waals surface area contributed by atoms with Crippen LogP contribution in [0.15, 0.2) is 15.8 Å². The Hall–Kier alpha value is -2.18. The number of benzene rings is 1. The third-order valence-electron chi connectivity index (χ3n) is 7.16. The Morgan fingerprint density at radius 2 is 1.89 bits per heavy atom. The van der Waals surface area contributed by atoms with Gasteiger partial charge in [-0.3, -0.25) is 4.57 Å². The lowest BCUT2D eigenvalue weighted by atomic mass is 9.88. The van der Waals surface area contributed by atoms with E-state index in [1.54, 1.807) is 25.7 Å². The monoisotopic (exact) mass is 574 g/mol. The Bertz CT molecular complexity index is 1360. The Morgan fingerprint density at radius 1 is 1.21 bits per heavy atom. The number of halogens is 4. The van der Waals surface area contributed by atoms with Crippen LogP contribution < -0.4 is 10.6 Å². The van der Waals surface area contributed by atoms with E-state index in [1.807, 2.05) is 18.7 Å². The number of aromatic nitrogens is 2. The van der Waals surface area contributed by atoms with Gasteiger partial charge in [-0.15, -0.1) is 11.8 Å². The zero-order valence-corrected chi connectivity index (χ0v) is 23.4. The van der Waals surface area contributed by atoms with Crippen LogP contribution >= 0.6 is 23.4 Å². The van der Waals surface area contributed by atoms with Gasteiger partial charge in [-0.05, 0) is 40.7 Å². The molecule has 38 heavy (non-hydrogen) atoms. The van der Waals surface area contributed by atoms with Crippen molar-refractivity contribution in [3.05, 3.63) is 27.1 Å². The van der Waals surface area contributed by atoms with E-state index in [1.165, 1.54) is 16.3 Å². The number of hydrogen-bond donors (Lipinski definition) is 0. The second kappa shape index (κ2) is 9.19. The van der Waals surface area contributed by atoms with E-state index in [0.717, 1.165) is 6.07 Å². The van der Waals surface area contributed by atoms with Crippen molar-refractivity contribution in [3.63, 3.8) is 0 Å². The van der Waals surface area contributed by atoms with Crippen LogP contribution in [0.5, 0.6) is 0 Å². The first-order chi connectivity index (χ1) is 17.6. The number of piperazine rings is 1. The number of nitrogens with zero attached hydrogens (tertiary/aromatic N) is 4. The number of carbonyl (C=O) groups excluding carboxylic acids is 1. The average Bonchev–Trinajstić information content (AvgIpc) is 2.96. The maximum absolute atomic E-state index is 14.1. The zero-order valence-electron chi connectivity index (χ0n) is 21.8. The van der Waals surface area contributed by atoms with Crippen LogP contribution in [-0.2, 0) is 22.2 Å². The summed E-state index contributed by atoms with van der Waals surface area (Å²) in [7, 11) is 0. The first kappa shape index (κ1) is 27.4. The van der Waals surface area contributed by atoms with Gasteiger partial charge in [-0.25, -0.2) is 9.59 Å². The summed E-state index contributed by atoms with van der Waals surface area (Å²) in [6.07, 6.45) is -5.16. The number of amides is 1. The molecule has 2 saturated heterocycles. The third kappa shape index (κ3) is 4.72. The molecule has 2 aromatic rings. The Balaban J connectivity index is 1.64. The molecule has 208 valence electrons. The van der Waals surface area contributed by atoms with Crippen LogP contribution in [0, 0.1) is 5.41 Å². The van der Waals surface area contributed by atoms with Crippen molar-refractivity contribution in [1.29, 1.82) is 0 Å². The van der Waals surface area contributed by atoms with E-state index in [0.29, 0.717) is 24.5 Å². The molecule has 1 aromatic carbocycles. The van der Waals surface area contributed by atoms with Gasteiger partial charge < -0.3 is 19.3 Å². The Labute approximate surface area is 227 Å². The minimum absolute atomic E-state index is 0.161. The molecule has 0 bridgehead atoms. The summed E-state index contributed by atoms with van der Waals surface area (Å²) >= 11 is 7.60. The highest BCUT2D eigenvalue weighted by molar-refractivity contribution is 7.99. The number of thioether (sulfide) groups is 1. The highest BCUT2D eigenvalue weighted by Gasteiger charge is 2.44. The lowest BCUT2D eigenvalue weighted by Gasteiger charge is -2.45. The van der Waals surface area contributed by atoms with Gasteiger partial charge >= 0.3 is 18.0 Å². The van der Waals surface area contributed by atoms with Gasteiger partial charge in [0.05, 0.1) is 34.2 Å². The van der Waals surface area contributed by atoms with Gasteiger partial charge in [-0.2, -0.15) is 18.2 Å². The Morgan fingerprint density at radius 3 is 2.47 bits per heavy atom. The van der Waals surface area contributed by atoms with E-state index in [4.69, 9.17) is 21.1 Å². The molecule has 1 amide bonds. The maximum Gasteiger partial charge on any atom is 0.417 e. The molecular formula is C25H30ClF3N4O4S. The topological polar surface area (TPSA) is 76.9 Å². The van der Waals surface area contributed by atoms with Gasteiger partial charge in [0.15, 0.2) is 0 Å². The molecule has 3 aliphatic heterocycles. The van der Waals surface area contributed by atoms with E-state index in [9.17, 15) is 22.8 Å². The van der Waals surface area contributed by atoms with Crippen LogP contribution in [0.3, 0.4) is 0 Å². The summed E-state index contributed by atoms with van der Waals surface area (Å²) in [6.45, 7) is 10.7. The smallest absolute Gasteiger partial charge is 0.417 e. The molecule has 1 spiro atoms. The normalized spacial score (nSPS) is 23.4. The van der Waals surface area contributed by atoms with Crippen molar-refractivity contribution < 1.29 is 27.4 Å². The molecule has 13 heteroatoms. The molecule has 0 unspecified atom stereocenters. The fourth-order valence-electron chi connectivity index (χ4n) is 5.24. The number of hydrogen-bond acceptors (Lipinski definition) is 7. The number of carbonyl (C=O) groups is 1. The van der Waals surface area contributed by atoms with Crippen LogP contribution in [-0.4, -0.2) is 70.3 Å². The molecule has 5 rings (SSSR count). The molecule has 0 radical (unpaired) electrons. The van der Waals surface area contributed by atoms with Gasteiger partial charge in [0, 0.05) is 48.3 Å². The van der Waals surface area contributed by atoms with Crippen LogP contribution in [0.25, 0.3) is 10.9 Å². The van der Waals surface area contributed by atoms with Crippen molar-refractivity contribution in [1.82, 2.24) is 14.5 Å².